The molecule has 2 rings (SSSR count). The van der Waals surface area contributed by atoms with Crippen molar-refractivity contribution in [1.82, 2.24) is 10.2 Å². The lowest BCUT2D eigenvalue weighted by Gasteiger charge is -2.43. The molecule has 20 heavy (non-hydrogen) atoms. The first-order chi connectivity index (χ1) is 9.61. The zero-order chi connectivity index (χ0) is 14.6. The molecule has 0 aromatic carbocycles. The van der Waals surface area contributed by atoms with Gasteiger partial charge in [-0.1, -0.05) is 40.0 Å². The minimum Gasteiger partial charge on any atom is -0.342 e. The van der Waals surface area contributed by atoms with E-state index in [0.29, 0.717) is 11.3 Å². The summed E-state index contributed by atoms with van der Waals surface area (Å²) in [4.78, 5) is 15.2. The van der Waals surface area contributed by atoms with E-state index in [4.69, 9.17) is 0 Å². The predicted molar refractivity (Wildman–Crippen MR) is 83.7 cm³/mol. The summed E-state index contributed by atoms with van der Waals surface area (Å²) in [6, 6.07) is 0. The maximum absolute atomic E-state index is 13.0. The van der Waals surface area contributed by atoms with E-state index < -0.39 is 0 Å². The van der Waals surface area contributed by atoms with Crippen LogP contribution in [0.3, 0.4) is 0 Å². The van der Waals surface area contributed by atoms with Gasteiger partial charge in [0.05, 0.1) is 5.41 Å². The highest BCUT2D eigenvalue weighted by Gasteiger charge is 2.44. The van der Waals surface area contributed by atoms with Gasteiger partial charge in [0.25, 0.3) is 0 Å². The van der Waals surface area contributed by atoms with E-state index in [2.05, 4.69) is 31.0 Å². The van der Waals surface area contributed by atoms with Gasteiger partial charge >= 0.3 is 0 Å². The SMILES string of the molecule is CCCC1(C(=O)N2CCC(CC)(CC)CC2)CCNC1. The highest BCUT2D eigenvalue weighted by Crippen LogP contribution is 2.40. The molecule has 1 N–H and O–H groups in total. The average Bonchev–Trinajstić information content (AvgIpc) is 2.97. The summed E-state index contributed by atoms with van der Waals surface area (Å²) in [5.74, 6) is 0.435. The lowest BCUT2D eigenvalue weighted by atomic mass is 9.73. The molecule has 2 fully saturated rings. The van der Waals surface area contributed by atoms with Crippen LogP contribution in [-0.2, 0) is 4.79 Å². The number of likely N-dealkylation sites (tertiary alicyclic amines) is 1. The third-order valence-corrected chi connectivity index (χ3v) is 6.04. The quantitative estimate of drug-likeness (QED) is 0.839. The number of nitrogens with zero attached hydrogens (tertiary/aromatic N) is 1. The summed E-state index contributed by atoms with van der Waals surface area (Å²) in [7, 11) is 0. The Labute approximate surface area is 124 Å². The molecule has 1 unspecified atom stereocenters. The highest BCUT2D eigenvalue weighted by atomic mass is 16.2. The number of carbonyl (C=O) groups excluding carboxylic acids is 1. The summed E-state index contributed by atoms with van der Waals surface area (Å²) >= 11 is 0. The van der Waals surface area contributed by atoms with Crippen molar-refractivity contribution < 1.29 is 4.79 Å². The second-order valence-corrected chi connectivity index (χ2v) is 6.96. The van der Waals surface area contributed by atoms with Crippen molar-refractivity contribution in [3.63, 3.8) is 0 Å². The van der Waals surface area contributed by atoms with Crippen LogP contribution in [0.4, 0.5) is 0 Å². The Bertz CT molecular complexity index is 320. The first-order valence-electron chi connectivity index (χ1n) is 8.61. The van der Waals surface area contributed by atoms with Gasteiger partial charge in [-0.3, -0.25) is 4.79 Å². The molecular formula is C17H32N2O. The molecule has 0 aliphatic carbocycles. The smallest absolute Gasteiger partial charge is 0.230 e. The summed E-state index contributed by atoms with van der Waals surface area (Å²) in [5, 5.41) is 3.41. The van der Waals surface area contributed by atoms with Gasteiger partial charge in [-0.2, -0.15) is 0 Å². The summed E-state index contributed by atoms with van der Waals surface area (Å²) in [6.07, 6.45) is 8.09. The zero-order valence-electron chi connectivity index (χ0n) is 13.6. The fraction of sp³-hybridized carbons (Fsp3) is 0.941. The van der Waals surface area contributed by atoms with Gasteiger partial charge in [0.15, 0.2) is 0 Å². The lowest BCUT2D eigenvalue weighted by Crippen LogP contribution is -2.50. The first kappa shape index (κ1) is 15.8. The monoisotopic (exact) mass is 280 g/mol. The maximum Gasteiger partial charge on any atom is 0.230 e. The van der Waals surface area contributed by atoms with Crippen LogP contribution >= 0.6 is 0 Å². The number of nitrogens with one attached hydrogen (secondary N) is 1. The zero-order valence-corrected chi connectivity index (χ0v) is 13.6. The second-order valence-electron chi connectivity index (χ2n) is 6.96. The summed E-state index contributed by atoms with van der Waals surface area (Å²) in [6.45, 7) is 10.7. The van der Waals surface area contributed by atoms with Crippen molar-refractivity contribution in [3.05, 3.63) is 0 Å². The molecule has 0 aromatic heterocycles. The first-order valence-corrected chi connectivity index (χ1v) is 8.61. The molecule has 0 aromatic rings. The number of hydrogen-bond acceptors (Lipinski definition) is 2. The van der Waals surface area contributed by atoms with Crippen molar-refractivity contribution in [2.24, 2.45) is 10.8 Å². The molecule has 0 saturated carbocycles. The van der Waals surface area contributed by atoms with Crippen LogP contribution in [0.2, 0.25) is 0 Å². The number of carbonyl (C=O) groups is 1. The van der Waals surface area contributed by atoms with Crippen molar-refractivity contribution >= 4 is 5.91 Å². The third-order valence-electron chi connectivity index (χ3n) is 6.04. The Kier molecular flexibility index (Phi) is 5.11. The van der Waals surface area contributed by atoms with Gasteiger partial charge in [-0.05, 0) is 37.6 Å². The molecule has 0 radical (unpaired) electrons. The molecule has 0 bridgehead atoms. The fourth-order valence-corrected chi connectivity index (χ4v) is 4.20. The van der Waals surface area contributed by atoms with E-state index in [1.54, 1.807) is 0 Å². The molecule has 1 amide bonds. The lowest BCUT2D eigenvalue weighted by molar-refractivity contribution is -0.144. The standard InChI is InChI=1S/C17H32N2O/c1-4-7-17(8-11-18-14-17)15(20)19-12-9-16(5-2,6-3)10-13-19/h18H,4-14H2,1-3H3. The van der Waals surface area contributed by atoms with Gasteiger partial charge in [0.2, 0.25) is 5.91 Å². The Hall–Kier alpha value is -0.570. The molecule has 3 heteroatoms. The minimum atomic E-state index is -0.0901. The topological polar surface area (TPSA) is 32.3 Å². The van der Waals surface area contributed by atoms with E-state index in [1.165, 1.54) is 25.7 Å². The van der Waals surface area contributed by atoms with Crippen LogP contribution in [0, 0.1) is 10.8 Å². The van der Waals surface area contributed by atoms with Gasteiger partial charge in [0.1, 0.15) is 0 Å². The fourth-order valence-electron chi connectivity index (χ4n) is 4.20. The van der Waals surface area contributed by atoms with Gasteiger partial charge in [-0.25, -0.2) is 0 Å². The van der Waals surface area contributed by atoms with E-state index in [0.717, 1.165) is 45.4 Å². The van der Waals surface area contributed by atoms with Gasteiger partial charge in [0, 0.05) is 19.6 Å². The van der Waals surface area contributed by atoms with Crippen LogP contribution in [0.1, 0.15) is 65.7 Å². The van der Waals surface area contributed by atoms with E-state index in [1.807, 2.05) is 0 Å². The third kappa shape index (κ3) is 2.88. The van der Waals surface area contributed by atoms with Crippen LogP contribution in [-0.4, -0.2) is 37.0 Å². The predicted octanol–water partition coefficient (Wildman–Crippen LogP) is 3.20. The summed E-state index contributed by atoms with van der Waals surface area (Å²) < 4.78 is 0. The van der Waals surface area contributed by atoms with Crippen LogP contribution in [0.5, 0.6) is 0 Å². The van der Waals surface area contributed by atoms with Crippen molar-refractivity contribution in [3.8, 4) is 0 Å². The van der Waals surface area contributed by atoms with Crippen molar-refractivity contribution in [2.45, 2.75) is 65.7 Å². The van der Waals surface area contributed by atoms with Crippen LogP contribution < -0.4 is 5.32 Å². The summed E-state index contributed by atoms with van der Waals surface area (Å²) in [5.41, 5.74) is 0.413. The molecule has 2 aliphatic rings. The Morgan fingerprint density at radius 1 is 1.10 bits per heavy atom. The molecule has 3 nitrogen and oxygen atoms in total. The van der Waals surface area contributed by atoms with E-state index in [9.17, 15) is 4.79 Å². The molecule has 0 spiro atoms. The Morgan fingerprint density at radius 3 is 2.20 bits per heavy atom. The second kappa shape index (κ2) is 6.46. The average molecular weight is 280 g/mol. The molecular weight excluding hydrogens is 248 g/mol. The Morgan fingerprint density at radius 2 is 1.75 bits per heavy atom. The van der Waals surface area contributed by atoms with Crippen LogP contribution in [0.15, 0.2) is 0 Å². The highest BCUT2D eigenvalue weighted by molar-refractivity contribution is 5.83. The largest absolute Gasteiger partial charge is 0.342 e. The van der Waals surface area contributed by atoms with Gasteiger partial charge in [-0.15, -0.1) is 0 Å². The molecule has 116 valence electrons. The number of rotatable bonds is 5. The van der Waals surface area contributed by atoms with Gasteiger partial charge < -0.3 is 10.2 Å². The molecule has 2 saturated heterocycles. The number of amides is 1. The molecule has 2 aliphatic heterocycles. The minimum absolute atomic E-state index is 0.0901. The van der Waals surface area contributed by atoms with E-state index in [-0.39, 0.29) is 5.41 Å². The maximum atomic E-state index is 13.0. The number of hydrogen-bond donors (Lipinski definition) is 1. The molecule has 2 heterocycles. The van der Waals surface area contributed by atoms with Crippen molar-refractivity contribution in [1.29, 1.82) is 0 Å². The van der Waals surface area contributed by atoms with E-state index >= 15 is 0 Å². The number of piperidine rings is 1. The normalized spacial score (nSPS) is 29.6. The molecule has 1 atom stereocenters. The van der Waals surface area contributed by atoms with Crippen molar-refractivity contribution in [2.75, 3.05) is 26.2 Å². The van der Waals surface area contributed by atoms with Crippen LogP contribution in [0.25, 0.3) is 0 Å². The Balaban J connectivity index is 2.00.